The third-order valence-electron chi connectivity index (χ3n) is 3.45. The number of allylic oxidation sites excluding steroid dienone is 2. The quantitative estimate of drug-likeness (QED) is 0.336. The summed E-state index contributed by atoms with van der Waals surface area (Å²) in [6, 6.07) is 0. The van der Waals surface area contributed by atoms with E-state index in [4.69, 9.17) is 0 Å². The van der Waals surface area contributed by atoms with Crippen LogP contribution in [0.15, 0.2) is 11.7 Å². The third-order valence-corrected chi connectivity index (χ3v) is 5.28. The van der Waals surface area contributed by atoms with Gasteiger partial charge < -0.3 is 0 Å². The molecule has 0 amide bonds. The second-order valence-electron chi connectivity index (χ2n) is 4.13. The summed E-state index contributed by atoms with van der Waals surface area (Å²) in [6.07, 6.45) is 0. The Labute approximate surface area is 103 Å². The predicted molar refractivity (Wildman–Crippen MR) is 48.9 cm³/mol. The number of halogens is 9. The molecule has 2 bridgehead atoms. The van der Waals surface area contributed by atoms with Crippen molar-refractivity contribution in [1.29, 1.82) is 0 Å². The zero-order valence-electron chi connectivity index (χ0n) is 7.90. The van der Waals surface area contributed by atoms with Gasteiger partial charge in [0.25, 0.3) is 5.92 Å². The summed E-state index contributed by atoms with van der Waals surface area (Å²) < 4.78 is 102. The van der Waals surface area contributed by atoms with Gasteiger partial charge in [-0.2, -0.15) is 17.6 Å². The summed E-state index contributed by atoms with van der Waals surface area (Å²) in [5.74, 6) is -20.7. The highest BCUT2D eigenvalue weighted by molar-refractivity contribution is 14.1. The van der Waals surface area contributed by atoms with Gasteiger partial charge in [-0.05, 0) is 6.92 Å². The minimum atomic E-state index is -5.38. The fourth-order valence-corrected chi connectivity index (χ4v) is 3.31. The van der Waals surface area contributed by atoms with E-state index in [-0.39, 0.29) is 29.5 Å². The van der Waals surface area contributed by atoms with E-state index in [0.717, 1.165) is 0 Å². The average molecular weight is 378 g/mol. The maximum atomic E-state index is 13.6. The standard InChI is InChI=1S/C8H3F8I/c1-4-2(9)3(10)5(17,6(4,11)12)8(15,16)7(4,13)14/h1H3. The van der Waals surface area contributed by atoms with Crippen molar-refractivity contribution in [3.05, 3.63) is 11.7 Å². The molecule has 2 atom stereocenters. The normalized spacial score (nSPS) is 45.5. The van der Waals surface area contributed by atoms with Gasteiger partial charge in [0.05, 0.1) is 0 Å². The van der Waals surface area contributed by atoms with Gasteiger partial charge in [0.1, 0.15) is 0 Å². The molecule has 0 aliphatic heterocycles. The molecule has 0 N–H and O–H groups in total. The van der Waals surface area contributed by atoms with E-state index in [2.05, 4.69) is 0 Å². The highest BCUT2D eigenvalue weighted by Gasteiger charge is 3.00. The number of rotatable bonds is 0. The van der Waals surface area contributed by atoms with Crippen LogP contribution < -0.4 is 0 Å². The van der Waals surface area contributed by atoms with Crippen LogP contribution in [-0.4, -0.2) is 21.2 Å². The Morgan fingerprint density at radius 3 is 1.47 bits per heavy atom. The molecule has 98 valence electrons. The highest BCUT2D eigenvalue weighted by atomic mass is 127. The zero-order valence-corrected chi connectivity index (χ0v) is 10.1. The molecule has 2 unspecified atom stereocenters. The second-order valence-corrected chi connectivity index (χ2v) is 5.75. The van der Waals surface area contributed by atoms with Crippen molar-refractivity contribution in [3.8, 4) is 0 Å². The van der Waals surface area contributed by atoms with E-state index < -0.39 is 38.3 Å². The highest BCUT2D eigenvalue weighted by Crippen LogP contribution is 2.81. The maximum absolute atomic E-state index is 13.6. The predicted octanol–water partition coefficient (Wildman–Crippen LogP) is 4.25. The van der Waals surface area contributed by atoms with Crippen LogP contribution in [0.1, 0.15) is 6.92 Å². The Bertz CT molecular complexity index is 403. The van der Waals surface area contributed by atoms with Crippen molar-refractivity contribution >= 4 is 22.6 Å². The van der Waals surface area contributed by atoms with Crippen LogP contribution in [0, 0.1) is 5.41 Å². The molecule has 17 heavy (non-hydrogen) atoms. The molecule has 2 aliphatic rings. The fraction of sp³-hybridized carbons (Fsp3) is 0.750. The summed E-state index contributed by atoms with van der Waals surface area (Å²) in [5.41, 5.74) is -4.16. The number of hydrogen-bond acceptors (Lipinski definition) is 0. The lowest BCUT2D eigenvalue weighted by molar-refractivity contribution is -0.241. The molecule has 0 aromatic rings. The molecule has 0 spiro atoms. The maximum Gasteiger partial charge on any atom is 0.338 e. The van der Waals surface area contributed by atoms with Crippen molar-refractivity contribution in [2.45, 2.75) is 28.1 Å². The van der Waals surface area contributed by atoms with E-state index in [1.54, 1.807) is 0 Å². The Kier molecular flexibility index (Phi) is 2.15. The van der Waals surface area contributed by atoms with Gasteiger partial charge in [0, 0.05) is 0 Å². The minimum absolute atomic E-state index is 0.0940. The largest absolute Gasteiger partial charge is 0.338 e. The Morgan fingerprint density at radius 2 is 1.18 bits per heavy atom. The first kappa shape index (κ1) is 13.3. The molecule has 9 heteroatoms. The lowest BCUT2D eigenvalue weighted by Gasteiger charge is -2.34. The lowest BCUT2D eigenvalue weighted by Crippen LogP contribution is -2.55. The van der Waals surface area contributed by atoms with Crippen LogP contribution in [-0.2, 0) is 0 Å². The van der Waals surface area contributed by atoms with Gasteiger partial charge in [-0.3, -0.25) is 0 Å². The van der Waals surface area contributed by atoms with Crippen molar-refractivity contribution in [3.63, 3.8) is 0 Å². The van der Waals surface area contributed by atoms with Crippen LogP contribution in [0.4, 0.5) is 35.1 Å². The van der Waals surface area contributed by atoms with Gasteiger partial charge in [-0.25, -0.2) is 17.6 Å². The zero-order chi connectivity index (χ0) is 13.7. The first-order valence-electron chi connectivity index (χ1n) is 4.20. The fourth-order valence-electron chi connectivity index (χ4n) is 2.19. The molecule has 1 fully saturated rings. The Balaban J connectivity index is 2.93. The Hall–Kier alpha value is -0.0900. The van der Waals surface area contributed by atoms with E-state index in [1.165, 1.54) is 0 Å². The van der Waals surface area contributed by atoms with E-state index in [0.29, 0.717) is 0 Å². The van der Waals surface area contributed by atoms with Gasteiger partial charge in [-0.15, -0.1) is 0 Å². The number of alkyl halides is 7. The lowest BCUT2D eigenvalue weighted by atomic mass is 9.82. The third kappa shape index (κ3) is 0.830. The molecular formula is C8H3F8I. The van der Waals surface area contributed by atoms with Gasteiger partial charge in [0.2, 0.25) is 3.42 Å². The summed E-state index contributed by atoms with van der Waals surface area (Å²) >= 11 is 0.180. The second kappa shape index (κ2) is 2.74. The molecule has 1 saturated carbocycles. The summed E-state index contributed by atoms with van der Waals surface area (Å²) in [4.78, 5) is 0. The molecule has 0 heterocycles. The van der Waals surface area contributed by atoms with Crippen LogP contribution in [0.25, 0.3) is 0 Å². The topological polar surface area (TPSA) is 0 Å². The molecule has 0 radical (unpaired) electrons. The van der Waals surface area contributed by atoms with Crippen LogP contribution in [0.3, 0.4) is 0 Å². The van der Waals surface area contributed by atoms with E-state index in [9.17, 15) is 35.1 Å². The first-order chi connectivity index (χ1) is 7.32. The Morgan fingerprint density at radius 1 is 0.765 bits per heavy atom. The van der Waals surface area contributed by atoms with E-state index >= 15 is 0 Å². The van der Waals surface area contributed by atoms with Crippen LogP contribution in [0.5, 0.6) is 0 Å². The average Bonchev–Trinajstić information content (AvgIpc) is 2.33. The van der Waals surface area contributed by atoms with Gasteiger partial charge in [0.15, 0.2) is 17.1 Å². The van der Waals surface area contributed by atoms with E-state index in [1.807, 2.05) is 0 Å². The SMILES string of the molecule is CC12C(F)=C(F)C(I)(C(F)(F)C1(F)F)C2(F)F. The molecule has 0 nitrogen and oxygen atoms in total. The van der Waals surface area contributed by atoms with Crippen molar-refractivity contribution < 1.29 is 35.1 Å². The van der Waals surface area contributed by atoms with Gasteiger partial charge in [-0.1, -0.05) is 22.6 Å². The van der Waals surface area contributed by atoms with Crippen molar-refractivity contribution in [1.82, 2.24) is 0 Å². The molecular weight excluding hydrogens is 375 g/mol. The summed E-state index contributed by atoms with van der Waals surface area (Å²) in [6.45, 7) is -0.0940. The molecule has 0 aromatic carbocycles. The molecule has 0 saturated heterocycles. The molecule has 2 aliphatic carbocycles. The number of hydrogen-bond donors (Lipinski definition) is 0. The molecule has 2 rings (SSSR count). The minimum Gasteiger partial charge on any atom is -0.208 e. The monoisotopic (exact) mass is 378 g/mol. The van der Waals surface area contributed by atoms with Crippen molar-refractivity contribution in [2.75, 3.05) is 0 Å². The summed E-state index contributed by atoms with van der Waals surface area (Å²) in [7, 11) is 0. The molecule has 0 aromatic heterocycles. The first-order valence-corrected chi connectivity index (χ1v) is 5.28. The number of fused-ring (bicyclic) bond motifs is 2. The van der Waals surface area contributed by atoms with Crippen LogP contribution >= 0.6 is 22.6 Å². The smallest absolute Gasteiger partial charge is 0.208 e. The van der Waals surface area contributed by atoms with Crippen molar-refractivity contribution in [2.24, 2.45) is 5.41 Å². The van der Waals surface area contributed by atoms with Crippen LogP contribution in [0.2, 0.25) is 0 Å². The summed E-state index contributed by atoms with van der Waals surface area (Å²) in [5, 5.41) is 0. The van der Waals surface area contributed by atoms with Gasteiger partial charge >= 0.3 is 11.8 Å².